The van der Waals surface area contributed by atoms with E-state index in [1.54, 1.807) is 30.3 Å². The largest absolute Gasteiger partial charge is 0.448 e. The van der Waals surface area contributed by atoms with Crippen LogP contribution in [0.1, 0.15) is 0 Å². The summed E-state index contributed by atoms with van der Waals surface area (Å²) in [5, 5.41) is 5.75. The van der Waals surface area contributed by atoms with Gasteiger partial charge < -0.3 is 5.11 Å². The Balaban J connectivity index is 0.000000371. The predicted molar refractivity (Wildman–Crippen MR) is 37.7 cm³/mol. The minimum atomic E-state index is 0.243. The summed E-state index contributed by atoms with van der Waals surface area (Å²) in [6.45, 7) is 0. The summed E-state index contributed by atoms with van der Waals surface area (Å²) in [6, 6.07) is 8.28. The zero-order valence-electron chi connectivity index (χ0n) is 5.67. The lowest BCUT2D eigenvalue weighted by atomic mass is 10.3. The molecule has 3 heteroatoms. The topological polar surface area (TPSA) is 32.1 Å². The van der Waals surface area contributed by atoms with E-state index in [1.165, 1.54) is 7.11 Å². The molecule has 0 saturated carbocycles. The van der Waals surface area contributed by atoms with Gasteiger partial charge in [-0.1, -0.05) is 18.2 Å². The minimum absolute atomic E-state index is 0.243. The normalized spacial score (nSPS) is 7.50. The zero-order valence-corrected chi connectivity index (χ0v) is 5.67. The van der Waals surface area contributed by atoms with Crippen LogP contribution in [0.5, 0.6) is 5.75 Å². The monoisotopic (exact) mass is 145 g/mol. The second-order valence-corrected chi connectivity index (χ2v) is 1.39. The highest BCUT2D eigenvalue weighted by molar-refractivity contribution is 5.19. The van der Waals surface area contributed by atoms with Crippen LogP contribution in [0.4, 0.5) is 4.53 Å². The maximum atomic E-state index is 11.2. The molecule has 1 aromatic rings. The van der Waals surface area contributed by atoms with Crippen molar-refractivity contribution in [1.29, 1.82) is 0 Å². The maximum absolute atomic E-state index is 11.2. The summed E-state index contributed by atoms with van der Waals surface area (Å²) in [5.74, 6) is 0.243. The van der Waals surface area contributed by atoms with Gasteiger partial charge in [0.2, 0.25) is 0 Å². The maximum Gasteiger partial charge on any atom is 0.171 e. The molecule has 2 N–H and O–H groups in total. The van der Waals surface area contributed by atoms with E-state index >= 15 is 0 Å². The van der Waals surface area contributed by atoms with Gasteiger partial charge in [-0.05, 0) is 12.1 Å². The van der Waals surface area contributed by atoms with Gasteiger partial charge in [0.15, 0.2) is 5.75 Å². The average molecular weight is 145 g/mol. The van der Waals surface area contributed by atoms with Crippen LogP contribution < -0.4 is 4.94 Å². The standard InChI is InChI=1S/C6H5FO.CH4O/c7-8-6-4-2-1-3-5-6;1-2/h1-5H;2H,1H3/p+1. The van der Waals surface area contributed by atoms with E-state index in [0.29, 0.717) is 0 Å². The highest BCUT2D eigenvalue weighted by Gasteiger charge is 1.84. The van der Waals surface area contributed by atoms with Gasteiger partial charge in [-0.3, -0.25) is 4.94 Å². The van der Waals surface area contributed by atoms with Crippen LogP contribution in [0, 0.1) is 0 Å². The molecule has 0 atom stereocenters. The van der Waals surface area contributed by atoms with Gasteiger partial charge in [-0.2, -0.15) is 0 Å². The van der Waals surface area contributed by atoms with Crippen molar-refractivity contribution in [2.45, 2.75) is 0 Å². The summed E-state index contributed by atoms with van der Waals surface area (Å²) in [6.07, 6.45) is 0. The molecule has 2 nitrogen and oxygen atoms in total. The van der Waals surface area contributed by atoms with Crippen molar-refractivity contribution in [3.05, 3.63) is 30.3 Å². The summed E-state index contributed by atoms with van der Waals surface area (Å²) in [7, 11) is 1.25. The lowest BCUT2D eigenvalue weighted by molar-refractivity contribution is -0.00620. The molecule has 1 rings (SSSR count). The Hall–Kier alpha value is -1.09. The Labute approximate surface area is 58.8 Å². The van der Waals surface area contributed by atoms with Gasteiger partial charge in [-0.15, -0.1) is 0 Å². The van der Waals surface area contributed by atoms with Crippen LogP contribution in [0.3, 0.4) is 0 Å². The van der Waals surface area contributed by atoms with Crippen LogP contribution in [0.2, 0.25) is 0 Å². The van der Waals surface area contributed by atoms with Gasteiger partial charge in [-0.25, -0.2) is 0 Å². The fourth-order valence-electron chi connectivity index (χ4n) is 0.472. The molecule has 0 unspecified atom stereocenters. The molecule has 0 aliphatic heterocycles. The van der Waals surface area contributed by atoms with Crippen molar-refractivity contribution in [3.63, 3.8) is 0 Å². The summed E-state index contributed by atoms with van der Waals surface area (Å²) < 4.78 is 11.2. The quantitative estimate of drug-likeness (QED) is 0.548. The second kappa shape index (κ2) is 6.04. The van der Waals surface area contributed by atoms with E-state index in [0.717, 1.165) is 0 Å². The molecule has 0 spiro atoms. The number of para-hydroxylation sites is 1. The van der Waals surface area contributed by atoms with Crippen molar-refractivity contribution in [2.24, 2.45) is 0 Å². The van der Waals surface area contributed by atoms with Crippen LogP contribution in [0.25, 0.3) is 0 Å². The smallest absolute Gasteiger partial charge is 0.171 e. The number of benzene rings is 1. The average Bonchev–Trinajstić information content (AvgIpc) is 2.10. The molecule has 0 heterocycles. The molecule has 0 fully saturated rings. The fraction of sp³-hybridized carbons (Fsp3) is 0.143. The van der Waals surface area contributed by atoms with Crippen molar-refractivity contribution in [3.8, 4) is 5.75 Å². The zero-order chi connectivity index (χ0) is 7.82. The molecule has 0 saturated heterocycles. The molecule has 0 aliphatic carbocycles. The lowest BCUT2D eigenvalue weighted by Gasteiger charge is -1.87. The van der Waals surface area contributed by atoms with Gasteiger partial charge in [0.05, 0.1) is 0 Å². The number of halogens is 1. The number of hydrogen-bond acceptors (Lipinski definition) is 1. The molecule has 0 radical (unpaired) electrons. The van der Waals surface area contributed by atoms with E-state index in [4.69, 9.17) is 5.11 Å². The highest BCUT2D eigenvalue weighted by atomic mass is 19.3. The third-order valence-electron chi connectivity index (χ3n) is 0.832. The van der Waals surface area contributed by atoms with Crippen LogP contribution in [0.15, 0.2) is 30.3 Å². The first-order chi connectivity index (χ1) is 4.93. The summed E-state index contributed by atoms with van der Waals surface area (Å²) >= 11 is 0. The SMILES string of the molecule is C[OH2+].FOc1ccccc1. The molecule has 0 bridgehead atoms. The summed E-state index contributed by atoms with van der Waals surface area (Å²) in [5.41, 5.74) is 0. The Morgan fingerprint density at radius 1 is 1.20 bits per heavy atom. The van der Waals surface area contributed by atoms with Gasteiger partial charge in [0, 0.05) is 4.53 Å². The minimum Gasteiger partial charge on any atom is -0.448 e. The van der Waals surface area contributed by atoms with Crippen molar-refractivity contribution < 1.29 is 14.6 Å². The lowest BCUT2D eigenvalue weighted by Crippen LogP contribution is -1.71. The Bertz CT molecular complexity index is 153. The van der Waals surface area contributed by atoms with Gasteiger partial charge >= 0.3 is 0 Å². The molecule has 0 amide bonds. The van der Waals surface area contributed by atoms with Crippen LogP contribution in [-0.2, 0) is 0 Å². The van der Waals surface area contributed by atoms with Gasteiger partial charge in [0.1, 0.15) is 7.11 Å². The third-order valence-corrected chi connectivity index (χ3v) is 0.832. The van der Waals surface area contributed by atoms with E-state index < -0.39 is 0 Å². The Morgan fingerprint density at radius 3 is 2.00 bits per heavy atom. The van der Waals surface area contributed by atoms with Gasteiger partial charge in [0.25, 0.3) is 0 Å². The highest BCUT2D eigenvalue weighted by Crippen LogP contribution is 2.07. The number of hydrogen-bond donors (Lipinski definition) is 0. The van der Waals surface area contributed by atoms with Crippen LogP contribution in [-0.4, -0.2) is 12.2 Å². The molecule has 10 heavy (non-hydrogen) atoms. The first-order valence-electron chi connectivity index (χ1n) is 2.77. The molecular formula is C7H10FO2+. The Kier molecular flexibility index (Phi) is 5.38. The van der Waals surface area contributed by atoms with E-state index in [9.17, 15) is 4.53 Å². The molecule has 0 aliphatic rings. The van der Waals surface area contributed by atoms with E-state index in [-0.39, 0.29) is 5.75 Å². The van der Waals surface area contributed by atoms with Crippen molar-refractivity contribution >= 4 is 0 Å². The predicted octanol–water partition coefficient (Wildman–Crippen LogP) is 1.29. The van der Waals surface area contributed by atoms with Crippen LogP contribution >= 0.6 is 0 Å². The Morgan fingerprint density at radius 2 is 1.70 bits per heavy atom. The van der Waals surface area contributed by atoms with E-state index in [2.05, 4.69) is 4.94 Å². The first-order valence-corrected chi connectivity index (χ1v) is 2.77. The molecule has 1 aromatic carbocycles. The van der Waals surface area contributed by atoms with Crippen molar-refractivity contribution in [2.75, 3.05) is 7.11 Å². The third kappa shape index (κ3) is 3.04. The molecule has 0 aromatic heterocycles. The first kappa shape index (κ1) is 8.91. The summed E-state index contributed by atoms with van der Waals surface area (Å²) in [4.78, 5) is 3.41. The fourth-order valence-corrected chi connectivity index (χ4v) is 0.472. The van der Waals surface area contributed by atoms with Crippen molar-refractivity contribution in [1.82, 2.24) is 0 Å². The molecular weight excluding hydrogens is 135 g/mol. The van der Waals surface area contributed by atoms with E-state index in [1.807, 2.05) is 0 Å². The number of rotatable bonds is 1. The molecule has 56 valence electrons. The second-order valence-electron chi connectivity index (χ2n) is 1.39.